The van der Waals surface area contributed by atoms with Crippen LogP contribution in [0, 0.1) is 17.4 Å². The van der Waals surface area contributed by atoms with Gasteiger partial charge >= 0.3 is 0 Å². The summed E-state index contributed by atoms with van der Waals surface area (Å²) in [5.74, 6) is -0.146. The zero-order valence-corrected chi connectivity index (χ0v) is 13.5. The van der Waals surface area contributed by atoms with Gasteiger partial charge in [0.15, 0.2) is 0 Å². The van der Waals surface area contributed by atoms with Crippen LogP contribution in [0.4, 0.5) is 5.69 Å². The lowest BCUT2D eigenvalue weighted by Crippen LogP contribution is -2.13. The van der Waals surface area contributed by atoms with Crippen LogP contribution in [0.2, 0.25) is 5.02 Å². The average Bonchev–Trinajstić information content (AvgIpc) is 2.37. The summed E-state index contributed by atoms with van der Waals surface area (Å²) in [6.07, 6.45) is 0. The Balaban J connectivity index is 2.25. The molecule has 0 aromatic heterocycles. The zero-order valence-electron chi connectivity index (χ0n) is 10.6. The van der Waals surface area contributed by atoms with E-state index >= 15 is 0 Å². The van der Waals surface area contributed by atoms with Crippen LogP contribution < -0.4 is 5.32 Å². The standard InChI is InChI=1S/C15H13ClINO/c1-9-3-4-10(2)14(7-9)18-15(19)11-5-6-13(17)12(16)8-11/h3-8H,1-2H3,(H,18,19). The molecule has 1 N–H and O–H groups in total. The lowest BCUT2D eigenvalue weighted by molar-refractivity contribution is 0.102. The third-order valence-corrected chi connectivity index (χ3v) is 4.40. The Morgan fingerprint density at radius 1 is 1.16 bits per heavy atom. The number of aryl methyl sites for hydroxylation is 2. The van der Waals surface area contributed by atoms with Gasteiger partial charge in [0.2, 0.25) is 0 Å². The molecule has 0 spiro atoms. The smallest absolute Gasteiger partial charge is 0.255 e. The second-order valence-electron chi connectivity index (χ2n) is 4.40. The van der Waals surface area contributed by atoms with Crippen molar-refractivity contribution < 1.29 is 4.79 Å². The molecule has 0 aliphatic carbocycles. The van der Waals surface area contributed by atoms with E-state index in [9.17, 15) is 4.79 Å². The molecule has 0 saturated heterocycles. The summed E-state index contributed by atoms with van der Waals surface area (Å²) in [4.78, 5) is 12.2. The number of amides is 1. The van der Waals surface area contributed by atoms with Crippen molar-refractivity contribution in [3.63, 3.8) is 0 Å². The maximum absolute atomic E-state index is 12.2. The average molecular weight is 386 g/mol. The summed E-state index contributed by atoms with van der Waals surface area (Å²) >= 11 is 8.16. The second kappa shape index (κ2) is 5.92. The summed E-state index contributed by atoms with van der Waals surface area (Å²) in [7, 11) is 0. The molecule has 0 bridgehead atoms. The molecule has 2 aromatic rings. The highest BCUT2D eigenvalue weighted by Crippen LogP contribution is 2.21. The Morgan fingerprint density at radius 2 is 1.89 bits per heavy atom. The molecule has 4 heteroatoms. The van der Waals surface area contributed by atoms with Gasteiger partial charge in [0.1, 0.15) is 0 Å². The Hall–Kier alpha value is -1.07. The summed E-state index contributed by atoms with van der Waals surface area (Å²) in [6, 6.07) is 11.3. The van der Waals surface area contributed by atoms with Crippen LogP contribution in [0.25, 0.3) is 0 Å². The summed E-state index contributed by atoms with van der Waals surface area (Å²) in [5.41, 5.74) is 3.54. The summed E-state index contributed by atoms with van der Waals surface area (Å²) in [6.45, 7) is 3.97. The number of anilines is 1. The van der Waals surface area contributed by atoms with Crippen molar-refractivity contribution in [3.05, 3.63) is 61.7 Å². The van der Waals surface area contributed by atoms with Crippen molar-refractivity contribution in [3.8, 4) is 0 Å². The number of halogens is 2. The van der Waals surface area contributed by atoms with E-state index in [4.69, 9.17) is 11.6 Å². The molecule has 0 atom stereocenters. The van der Waals surface area contributed by atoms with Crippen molar-refractivity contribution in [2.75, 3.05) is 5.32 Å². The van der Waals surface area contributed by atoms with E-state index in [-0.39, 0.29) is 5.91 Å². The van der Waals surface area contributed by atoms with E-state index in [2.05, 4.69) is 27.9 Å². The van der Waals surface area contributed by atoms with Gasteiger partial charge in [-0.25, -0.2) is 0 Å². The van der Waals surface area contributed by atoms with Gasteiger partial charge in [0, 0.05) is 14.8 Å². The molecule has 0 aliphatic heterocycles. The first-order valence-corrected chi connectivity index (χ1v) is 7.26. The topological polar surface area (TPSA) is 29.1 Å². The molecule has 0 heterocycles. The number of carbonyl (C=O) groups is 1. The first kappa shape index (κ1) is 14.3. The Kier molecular flexibility index (Phi) is 4.47. The van der Waals surface area contributed by atoms with Crippen molar-refractivity contribution in [1.29, 1.82) is 0 Å². The Labute approximate surface area is 131 Å². The molecule has 19 heavy (non-hydrogen) atoms. The van der Waals surface area contributed by atoms with Crippen molar-refractivity contribution in [2.45, 2.75) is 13.8 Å². The van der Waals surface area contributed by atoms with E-state index in [0.717, 1.165) is 20.4 Å². The minimum Gasteiger partial charge on any atom is -0.322 e. The van der Waals surface area contributed by atoms with E-state index in [1.165, 1.54) is 0 Å². The van der Waals surface area contributed by atoms with Gasteiger partial charge in [0.25, 0.3) is 5.91 Å². The first-order chi connectivity index (χ1) is 8.97. The molecule has 0 fully saturated rings. The number of rotatable bonds is 2. The highest BCUT2D eigenvalue weighted by atomic mass is 127. The van der Waals surface area contributed by atoms with Crippen LogP contribution in [0.5, 0.6) is 0 Å². The predicted octanol–water partition coefficient (Wildman–Crippen LogP) is 4.81. The minimum absolute atomic E-state index is 0.146. The van der Waals surface area contributed by atoms with Gasteiger partial charge < -0.3 is 5.32 Å². The van der Waals surface area contributed by atoms with E-state index in [0.29, 0.717) is 10.6 Å². The minimum atomic E-state index is -0.146. The maximum Gasteiger partial charge on any atom is 0.255 e. The third-order valence-electron chi connectivity index (χ3n) is 2.82. The highest BCUT2D eigenvalue weighted by molar-refractivity contribution is 14.1. The molecule has 2 rings (SSSR count). The van der Waals surface area contributed by atoms with Crippen molar-refractivity contribution in [2.24, 2.45) is 0 Å². The molecular weight excluding hydrogens is 373 g/mol. The molecule has 0 radical (unpaired) electrons. The largest absolute Gasteiger partial charge is 0.322 e. The molecule has 0 aliphatic rings. The molecule has 2 aromatic carbocycles. The SMILES string of the molecule is Cc1ccc(C)c(NC(=O)c2ccc(I)c(Cl)c2)c1. The summed E-state index contributed by atoms with van der Waals surface area (Å²) in [5, 5.41) is 3.51. The van der Waals surface area contributed by atoms with Gasteiger partial charge in [-0.1, -0.05) is 23.7 Å². The fraction of sp³-hybridized carbons (Fsp3) is 0.133. The van der Waals surface area contributed by atoms with Gasteiger partial charge in [0.05, 0.1) is 5.02 Å². The number of nitrogens with one attached hydrogen (secondary N) is 1. The van der Waals surface area contributed by atoms with Gasteiger partial charge in [-0.2, -0.15) is 0 Å². The van der Waals surface area contributed by atoms with E-state index in [1.807, 2.05) is 38.1 Å². The van der Waals surface area contributed by atoms with E-state index < -0.39 is 0 Å². The molecule has 2 nitrogen and oxygen atoms in total. The van der Waals surface area contributed by atoms with Crippen LogP contribution in [0.3, 0.4) is 0 Å². The second-order valence-corrected chi connectivity index (χ2v) is 5.97. The van der Waals surface area contributed by atoms with Crippen LogP contribution in [0.15, 0.2) is 36.4 Å². The lowest BCUT2D eigenvalue weighted by atomic mass is 10.1. The third kappa shape index (κ3) is 3.48. The Morgan fingerprint density at radius 3 is 2.58 bits per heavy atom. The van der Waals surface area contributed by atoms with Crippen molar-refractivity contribution in [1.82, 2.24) is 0 Å². The quantitative estimate of drug-likeness (QED) is 0.738. The van der Waals surface area contributed by atoms with Crippen LogP contribution in [-0.4, -0.2) is 5.91 Å². The maximum atomic E-state index is 12.2. The predicted molar refractivity (Wildman–Crippen MR) is 88.0 cm³/mol. The number of benzene rings is 2. The van der Waals surface area contributed by atoms with Crippen LogP contribution >= 0.6 is 34.2 Å². The van der Waals surface area contributed by atoms with Gasteiger partial charge in [-0.15, -0.1) is 0 Å². The first-order valence-electron chi connectivity index (χ1n) is 5.81. The number of hydrogen-bond donors (Lipinski definition) is 1. The van der Waals surface area contributed by atoms with Crippen LogP contribution in [-0.2, 0) is 0 Å². The molecule has 98 valence electrons. The molecular formula is C15H13ClINO. The zero-order chi connectivity index (χ0) is 14.0. The number of carbonyl (C=O) groups excluding carboxylic acids is 1. The van der Waals surface area contributed by atoms with Crippen LogP contribution in [0.1, 0.15) is 21.5 Å². The molecule has 0 unspecified atom stereocenters. The number of hydrogen-bond acceptors (Lipinski definition) is 1. The summed E-state index contributed by atoms with van der Waals surface area (Å²) < 4.78 is 0.933. The lowest BCUT2D eigenvalue weighted by Gasteiger charge is -2.10. The fourth-order valence-corrected chi connectivity index (χ4v) is 2.22. The fourth-order valence-electron chi connectivity index (χ4n) is 1.70. The van der Waals surface area contributed by atoms with Crippen molar-refractivity contribution >= 4 is 45.8 Å². The van der Waals surface area contributed by atoms with Gasteiger partial charge in [-0.3, -0.25) is 4.79 Å². The monoisotopic (exact) mass is 385 g/mol. The normalized spacial score (nSPS) is 10.3. The molecule has 1 amide bonds. The van der Waals surface area contributed by atoms with Gasteiger partial charge in [-0.05, 0) is 71.8 Å². The molecule has 0 saturated carbocycles. The van der Waals surface area contributed by atoms with E-state index in [1.54, 1.807) is 12.1 Å². The Bertz CT molecular complexity index is 640. The highest BCUT2D eigenvalue weighted by Gasteiger charge is 2.09.